The summed E-state index contributed by atoms with van der Waals surface area (Å²) in [6.07, 6.45) is 14.0. The van der Waals surface area contributed by atoms with Crippen molar-refractivity contribution < 1.29 is 4.74 Å². The Bertz CT molecular complexity index is 3500. The van der Waals surface area contributed by atoms with Crippen molar-refractivity contribution in [1.82, 2.24) is 4.57 Å². The van der Waals surface area contributed by atoms with Gasteiger partial charge in [0.25, 0.3) is 6.71 Å². The molecule has 0 bridgehead atoms. The van der Waals surface area contributed by atoms with Crippen molar-refractivity contribution in [2.24, 2.45) is 5.92 Å². The first-order valence-corrected chi connectivity index (χ1v) is 22.0. The van der Waals surface area contributed by atoms with Gasteiger partial charge in [-0.1, -0.05) is 146 Å². The highest BCUT2D eigenvalue weighted by Crippen LogP contribution is 2.46. The van der Waals surface area contributed by atoms with E-state index in [0.717, 1.165) is 41.4 Å². The third-order valence-electron chi connectivity index (χ3n) is 13.6. The van der Waals surface area contributed by atoms with Gasteiger partial charge in [0.05, 0.1) is 11.6 Å². The van der Waals surface area contributed by atoms with E-state index in [-0.39, 0.29) is 12.8 Å². The molecule has 5 heteroatoms. The molecule has 4 aliphatic rings. The molecule has 3 heterocycles. The Labute approximate surface area is 361 Å². The lowest BCUT2D eigenvalue weighted by atomic mass is 9.33. The maximum atomic E-state index is 7.16. The van der Waals surface area contributed by atoms with Crippen LogP contribution in [0.2, 0.25) is 0 Å². The molecule has 62 heavy (non-hydrogen) atoms. The highest BCUT2D eigenvalue weighted by atomic mass is 16.5. The van der Waals surface area contributed by atoms with Crippen molar-refractivity contribution in [1.29, 1.82) is 0 Å². The summed E-state index contributed by atoms with van der Waals surface area (Å²) < 4.78 is 9.59. The average molecular weight is 796 g/mol. The Morgan fingerprint density at radius 2 is 1.29 bits per heavy atom. The minimum absolute atomic E-state index is 0.0344. The maximum Gasteiger partial charge on any atom is 0.257 e. The predicted octanol–water partition coefficient (Wildman–Crippen LogP) is 10.7. The summed E-state index contributed by atoms with van der Waals surface area (Å²) in [6, 6.07) is 62.1. The maximum absolute atomic E-state index is 7.16. The van der Waals surface area contributed by atoms with E-state index < -0.39 is 0 Å². The Morgan fingerprint density at radius 3 is 2.06 bits per heavy atom. The number of hydrogen-bond acceptors (Lipinski definition) is 3. The second kappa shape index (κ2) is 13.8. The number of hydrogen-bond donors (Lipinski definition) is 0. The van der Waals surface area contributed by atoms with E-state index in [1.807, 2.05) is 0 Å². The van der Waals surface area contributed by atoms with Gasteiger partial charge >= 0.3 is 0 Å². The van der Waals surface area contributed by atoms with Crippen molar-refractivity contribution in [3.63, 3.8) is 0 Å². The SMILES string of the molecule is CC1C=CC(N(c2ccc3c(c2)Oc2cccc4c2B3c2c(c3ccccc3c3ccccc23)N4c2ccccc2)C2C=c3c(n(-c4ccccc4)c4ccccc34)=CC2)=CC1. The number of rotatable bonds is 5. The van der Waals surface area contributed by atoms with Crippen LogP contribution in [0.1, 0.15) is 19.8 Å². The van der Waals surface area contributed by atoms with E-state index in [9.17, 15) is 0 Å². The van der Waals surface area contributed by atoms with Gasteiger partial charge in [0.1, 0.15) is 11.5 Å². The predicted molar refractivity (Wildman–Crippen MR) is 261 cm³/mol. The standard InChI is InChI=1S/C57H42BN3O/c1-37-27-29-40(30-28-37)59(41-32-34-51-48(35-41)45-21-12-13-24-50(45)60(51)38-15-4-2-5-16-38)42-31-33-49-54(36-42)62-53-26-14-25-52-56(53)58(49)55-46-22-10-8-19-43(46)44-20-9-11-23-47(44)57(55)61(52)39-17-6-3-7-18-39/h2-27,29-31,33-37,41H,28,32H2,1H3. The molecule has 1 aromatic heterocycles. The summed E-state index contributed by atoms with van der Waals surface area (Å²) in [4.78, 5) is 5.03. The Morgan fingerprint density at radius 1 is 0.597 bits per heavy atom. The zero-order valence-corrected chi connectivity index (χ0v) is 34.4. The summed E-state index contributed by atoms with van der Waals surface area (Å²) in [7, 11) is 0. The molecule has 0 saturated heterocycles. The molecule has 0 fully saturated rings. The van der Waals surface area contributed by atoms with Gasteiger partial charge in [-0.3, -0.25) is 0 Å². The highest BCUT2D eigenvalue weighted by molar-refractivity contribution is 7.01. The average Bonchev–Trinajstić information content (AvgIpc) is 3.66. The number of para-hydroxylation sites is 3. The van der Waals surface area contributed by atoms with Crippen LogP contribution in [0, 0.1) is 5.92 Å². The number of aromatic nitrogens is 1. The second-order valence-corrected chi connectivity index (χ2v) is 17.2. The Hall–Kier alpha value is -7.50. The van der Waals surface area contributed by atoms with Crippen molar-refractivity contribution >= 4 is 90.5 Å². The summed E-state index contributed by atoms with van der Waals surface area (Å²) in [5.41, 5.74) is 12.0. The molecule has 2 atom stereocenters. The molecule has 0 spiro atoms. The van der Waals surface area contributed by atoms with Gasteiger partial charge in [-0.05, 0) is 106 Å². The number of nitrogens with zero attached hydrogens (tertiary/aromatic N) is 3. The minimum atomic E-state index is -0.0344. The summed E-state index contributed by atoms with van der Waals surface area (Å²) in [6.45, 7) is 2.26. The van der Waals surface area contributed by atoms with Crippen LogP contribution in [0.4, 0.5) is 22.7 Å². The van der Waals surface area contributed by atoms with Gasteiger partial charge in [-0.15, -0.1) is 0 Å². The quantitative estimate of drug-likeness (QED) is 0.128. The third-order valence-corrected chi connectivity index (χ3v) is 13.6. The lowest BCUT2D eigenvalue weighted by Crippen LogP contribution is -2.59. The molecule has 13 rings (SSSR count). The van der Waals surface area contributed by atoms with Crippen LogP contribution < -0.4 is 41.5 Å². The molecular formula is C57H42BN3O. The summed E-state index contributed by atoms with van der Waals surface area (Å²) in [5, 5.41) is 8.88. The van der Waals surface area contributed by atoms with Crippen molar-refractivity contribution in [2.45, 2.75) is 25.8 Å². The molecule has 2 unspecified atom stereocenters. The molecule has 8 aromatic carbocycles. The number of benzene rings is 8. The molecule has 0 radical (unpaired) electrons. The fourth-order valence-electron chi connectivity index (χ4n) is 10.9. The third kappa shape index (κ3) is 5.21. The number of allylic oxidation sites excluding steroid dienone is 3. The van der Waals surface area contributed by atoms with Crippen LogP contribution in [0.25, 0.3) is 50.3 Å². The molecule has 0 amide bonds. The topological polar surface area (TPSA) is 20.6 Å². The van der Waals surface area contributed by atoms with Crippen molar-refractivity contribution in [3.05, 3.63) is 204 Å². The van der Waals surface area contributed by atoms with Crippen LogP contribution in [-0.2, 0) is 0 Å². The zero-order chi connectivity index (χ0) is 40.9. The van der Waals surface area contributed by atoms with E-state index in [0.29, 0.717) is 5.92 Å². The van der Waals surface area contributed by atoms with E-state index in [4.69, 9.17) is 4.74 Å². The molecule has 0 N–H and O–H groups in total. The second-order valence-electron chi connectivity index (χ2n) is 17.2. The lowest BCUT2D eigenvalue weighted by molar-refractivity contribution is 0.487. The van der Waals surface area contributed by atoms with Gasteiger partial charge in [0, 0.05) is 61.5 Å². The van der Waals surface area contributed by atoms with Crippen LogP contribution in [0.15, 0.2) is 194 Å². The lowest BCUT2D eigenvalue weighted by Gasteiger charge is -2.41. The zero-order valence-electron chi connectivity index (χ0n) is 34.4. The first kappa shape index (κ1) is 35.3. The van der Waals surface area contributed by atoms with E-state index in [2.05, 4.69) is 222 Å². The van der Waals surface area contributed by atoms with Gasteiger partial charge in [-0.25, -0.2) is 0 Å². The first-order valence-electron chi connectivity index (χ1n) is 22.0. The fourth-order valence-corrected chi connectivity index (χ4v) is 10.9. The van der Waals surface area contributed by atoms with Crippen molar-refractivity contribution in [3.8, 4) is 17.2 Å². The fraction of sp³-hybridized carbons (Fsp3) is 0.0877. The summed E-state index contributed by atoms with van der Waals surface area (Å²) >= 11 is 0. The monoisotopic (exact) mass is 795 g/mol. The van der Waals surface area contributed by atoms with Gasteiger partial charge in [-0.2, -0.15) is 0 Å². The Kier molecular flexibility index (Phi) is 7.83. The van der Waals surface area contributed by atoms with Gasteiger partial charge in [0.15, 0.2) is 0 Å². The van der Waals surface area contributed by atoms with E-state index in [1.165, 1.54) is 76.5 Å². The largest absolute Gasteiger partial charge is 0.458 e. The number of ether oxygens (including phenoxy) is 1. The smallest absolute Gasteiger partial charge is 0.257 e. The van der Waals surface area contributed by atoms with Crippen LogP contribution >= 0.6 is 0 Å². The van der Waals surface area contributed by atoms with Gasteiger partial charge < -0.3 is 19.1 Å². The summed E-state index contributed by atoms with van der Waals surface area (Å²) in [5.74, 6) is 2.32. The van der Waals surface area contributed by atoms with Crippen LogP contribution in [0.3, 0.4) is 0 Å². The van der Waals surface area contributed by atoms with Crippen LogP contribution in [0.5, 0.6) is 11.5 Å². The first-order chi connectivity index (χ1) is 30.7. The van der Waals surface area contributed by atoms with Crippen LogP contribution in [-0.4, -0.2) is 17.3 Å². The molecule has 2 aliphatic carbocycles. The van der Waals surface area contributed by atoms with Gasteiger partial charge in [0.2, 0.25) is 0 Å². The molecular weight excluding hydrogens is 753 g/mol. The molecule has 9 aromatic rings. The Balaban J connectivity index is 1.02. The molecule has 4 nitrogen and oxygen atoms in total. The highest BCUT2D eigenvalue weighted by Gasteiger charge is 2.44. The molecule has 2 aliphatic heterocycles. The van der Waals surface area contributed by atoms with E-state index >= 15 is 0 Å². The van der Waals surface area contributed by atoms with E-state index in [1.54, 1.807) is 0 Å². The number of fused-ring (bicyclic) bond motifs is 12. The minimum Gasteiger partial charge on any atom is -0.458 e. The molecule has 294 valence electrons. The van der Waals surface area contributed by atoms with Crippen molar-refractivity contribution in [2.75, 3.05) is 9.80 Å². The normalized spacial score (nSPS) is 17.0. The number of anilines is 4. The molecule has 0 saturated carbocycles.